The first kappa shape index (κ1) is 18.7. The molecule has 8 nitrogen and oxygen atoms in total. The van der Waals surface area contributed by atoms with E-state index in [1.165, 1.54) is 4.57 Å². The fraction of sp³-hybridized carbons (Fsp3) is 0.500. The van der Waals surface area contributed by atoms with E-state index in [9.17, 15) is 13.2 Å². The van der Waals surface area contributed by atoms with Gasteiger partial charge in [0.25, 0.3) is 5.16 Å². The summed E-state index contributed by atoms with van der Waals surface area (Å²) in [5.74, 6) is 0.0170. The number of halogens is 1. The summed E-state index contributed by atoms with van der Waals surface area (Å²) >= 11 is 2.82. The van der Waals surface area contributed by atoms with Crippen LogP contribution in [0.15, 0.2) is 5.16 Å². The first-order chi connectivity index (χ1) is 10.9. The van der Waals surface area contributed by atoms with Gasteiger partial charge in [-0.15, -0.1) is 0 Å². The second kappa shape index (κ2) is 5.99. The molecule has 0 fully saturated rings. The molecule has 0 aromatic carbocycles. The lowest BCUT2D eigenvalue weighted by Crippen LogP contribution is -2.28. The molecule has 0 radical (unpaired) electrons. The van der Waals surface area contributed by atoms with Crippen LogP contribution < -0.4 is 3.83 Å². The first-order valence-electron chi connectivity index (χ1n) is 6.98. The molecule has 0 unspecified atom stereocenters. The number of carbonyl (C=O) groups is 1. The summed E-state index contributed by atoms with van der Waals surface area (Å²) in [5, 5.41) is -0.00519. The highest BCUT2D eigenvalue weighted by atomic mass is 79.9. The molecule has 2 aromatic heterocycles. The average molecular weight is 420 g/mol. The van der Waals surface area contributed by atoms with Crippen LogP contribution in [0, 0.1) is 13.8 Å². The zero-order chi connectivity index (χ0) is 18.4. The molecule has 0 aliphatic rings. The largest absolute Gasteiger partial charge is 0.443 e. The number of sulfone groups is 1. The summed E-state index contributed by atoms with van der Waals surface area (Å²) in [7, 11) is -3.70. The second-order valence-electron chi connectivity index (χ2n) is 6.39. The van der Waals surface area contributed by atoms with Crippen molar-refractivity contribution in [1.82, 2.24) is 14.5 Å². The Hall–Kier alpha value is -1.68. The van der Waals surface area contributed by atoms with Gasteiger partial charge in [0.2, 0.25) is 15.7 Å². The average Bonchev–Trinajstić information content (AvgIpc) is 2.67. The first-order valence-corrected chi connectivity index (χ1v) is 9.52. The Morgan fingerprint density at radius 2 is 1.79 bits per heavy atom. The van der Waals surface area contributed by atoms with Gasteiger partial charge < -0.3 is 8.57 Å². The number of rotatable bonds is 2. The van der Waals surface area contributed by atoms with Crippen molar-refractivity contribution in [2.24, 2.45) is 0 Å². The van der Waals surface area contributed by atoms with E-state index in [0.717, 1.165) is 6.26 Å². The fourth-order valence-corrected chi connectivity index (χ4v) is 2.90. The normalized spacial score (nSPS) is 12.5. The summed E-state index contributed by atoms with van der Waals surface area (Å²) in [6, 6.07) is 0. The number of ether oxygens (including phenoxy) is 1. The van der Waals surface area contributed by atoms with E-state index in [1.807, 2.05) is 0 Å². The van der Waals surface area contributed by atoms with Crippen molar-refractivity contribution >= 4 is 43.2 Å². The maximum Gasteiger partial charge on any atom is 0.420 e. The van der Waals surface area contributed by atoms with Crippen molar-refractivity contribution in [3.63, 3.8) is 0 Å². The van der Waals surface area contributed by atoms with Gasteiger partial charge in [-0.3, -0.25) is 0 Å². The minimum Gasteiger partial charge on any atom is -0.443 e. The molecule has 0 bridgehead atoms. The quantitative estimate of drug-likeness (QED) is 0.689. The lowest BCUT2D eigenvalue weighted by Gasteiger charge is -2.20. The monoisotopic (exact) mass is 419 g/mol. The fourth-order valence-electron chi connectivity index (χ4n) is 2.16. The molecule has 24 heavy (non-hydrogen) atoms. The number of fused-ring (bicyclic) bond motifs is 1. The van der Waals surface area contributed by atoms with E-state index in [2.05, 4.69) is 26.2 Å². The summed E-state index contributed by atoms with van der Waals surface area (Å²) < 4.78 is 35.3. The summed E-state index contributed by atoms with van der Waals surface area (Å²) in [6.07, 6.45) is 0.323. The van der Waals surface area contributed by atoms with Crippen molar-refractivity contribution < 1.29 is 21.8 Å². The van der Waals surface area contributed by atoms with Crippen LogP contribution in [0.4, 0.5) is 4.79 Å². The Kier molecular flexibility index (Phi) is 4.66. The zero-order valence-electron chi connectivity index (χ0n) is 14.2. The van der Waals surface area contributed by atoms with Gasteiger partial charge in [0.05, 0.1) is 5.39 Å². The minimum absolute atomic E-state index is 0.0170. The number of nitrogens with zero attached hydrogens (tertiary/aromatic N) is 3. The van der Waals surface area contributed by atoms with Gasteiger partial charge in [-0.1, -0.05) is 0 Å². The van der Waals surface area contributed by atoms with Gasteiger partial charge in [-0.25, -0.2) is 17.8 Å². The summed E-state index contributed by atoms with van der Waals surface area (Å²) in [6.45, 7) is 8.69. The van der Waals surface area contributed by atoms with Gasteiger partial charge in [-0.2, -0.15) is 9.97 Å². The SMILES string of the molecule is Cc1c(C)n(C(=O)OC(C)(C)C)c2nc(S(C)(=O)=O)nc(OBr)c12. The molecule has 0 saturated heterocycles. The smallest absolute Gasteiger partial charge is 0.420 e. The van der Waals surface area contributed by atoms with E-state index in [0.29, 0.717) is 16.6 Å². The van der Waals surface area contributed by atoms with Crippen molar-refractivity contribution in [3.05, 3.63) is 11.3 Å². The van der Waals surface area contributed by atoms with Crippen LogP contribution in [0.2, 0.25) is 0 Å². The summed E-state index contributed by atoms with van der Waals surface area (Å²) in [4.78, 5) is 20.5. The number of hydrogen-bond donors (Lipinski definition) is 0. The Morgan fingerprint density at radius 1 is 1.21 bits per heavy atom. The van der Waals surface area contributed by atoms with E-state index in [4.69, 9.17) is 8.57 Å². The second-order valence-corrected chi connectivity index (χ2v) is 8.62. The third-order valence-corrected chi connectivity index (χ3v) is 4.43. The van der Waals surface area contributed by atoms with Gasteiger partial charge in [0.1, 0.15) is 5.60 Å². The number of aryl methyl sites for hydroxylation is 1. The van der Waals surface area contributed by atoms with Crippen LogP contribution in [0.1, 0.15) is 32.0 Å². The maximum atomic E-state index is 12.5. The molecular weight excluding hydrogens is 402 g/mol. The highest BCUT2D eigenvalue weighted by Crippen LogP contribution is 2.33. The third kappa shape index (κ3) is 3.39. The van der Waals surface area contributed by atoms with E-state index in [1.54, 1.807) is 34.6 Å². The zero-order valence-corrected chi connectivity index (χ0v) is 16.6. The van der Waals surface area contributed by atoms with Gasteiger partial charge in [-0.05, 0) is 40.2 Å². The lowest BCUT2D eigenvalue weighted by atomic mass is 10.2. The number of aromatic nitrogens is 3. The molecule has 2 heterocycles. The highest BCUT2D eigenvalue weighted by Gasteiger charge is 2.28. The van der Waals surface area contributed by atoms with Gasteiger partial charge >= 0.3 is 6.09 Å². The molecule has 0 atom stereocenters. The minimum atomic E-state index is -3.70. The molecule has 2 rings (SSSR count). The maximum absolute atomic E-state index is 12.5. The number of hydrogen-bond acceptors (Lipinski definition) is 7. The van der Waals surface area contributed by atoms with E-state index < -0.39 is 26.7 Å². The molecule has 10 heteroatoms. The van der Waals surface area contributed by atoms with Crippen molar-refractivity contribution in [3.8, 4) is 5.88 Å². The molecule has 0 amide bonds. The standard InChI is InChI=1S/C14H18BrN3O5S/c1-7-8(2)18(13(19)22-14(3,4)5)10-9(7)11(23-15)17-12(16-10)24(6,20)21/h1-6H3. The Balaban J connectivity index is 2.86. The van der Waals surface area contributed by atoms with E-state index in [-0.39, 0.29) is 11.5 Å². The molecular formula is C14H18BrN3O5S. The van der Waals surface area contributed by atoms with Crippen molar-refractivity contribution in [2.45, 2.75) is 45.4 Å². The Bertz CT molecular complexity index is 928. The van der Waals surface area contributed by atoms with E-state index >= 15 is 0 Å². The predicted octanol–water partition coefficient (Wildman–Crippen LogP) is 2.92. The highest BCUT2D eigenvalue weighted by molar-refractivity contribution is 9.06. The van der Waals surface area contributed by atoms with Crippen molar-refractivity contribution in [2.75, 3.05) is 6.26 Å². The molecule has 0 N–H and O–H groups in total. The molecule has 0 spiro atoms. The van der Waals surface area contributed by atoms with Crippen molar-refractivity contribution in [1.29, 1.82) is 0 Å². The Morgan fingerprint density at radius 3 is 2.25 bits per heavy atom. The number of carbonyl (C=O) groups excluding carboxylic acids is 1. The van der Waals surface area contributed by atoms with Crippen LogP contribution >= 0.6 is 16.3 Å². The van der Waals surface area contributed by atoms with Gasteiger partial charge in [0.15, 0.2) is 21.9 Å². The molecule has 0 aliphatic carbocycles. The molecule has 0 aliphatic heterocycles. The topological polar surface area (TPSA) is 100 Å². The van der Waals surface area contributed by atoms with Crippen LogP contribution in [0.5, 0.6) is 5.88 Å². The predicted molar refractivity (Wildman–Crippen MR) is 91.3 cm³/mol. The lowest BCUT2D eigenvalue weighted by molar-refractivity contribution is 0.0540. The Labute approximate surface area is 148 Å². The van der Waals surface area contributed by atoms with Gasteiger partial charge in [0, 0.05) is 11.9 Å². The third-order valence-electron chi connectivity index (χ3n) is 3.28. The van der Waals surface area contributed by atoms with Crippen LogP contribution in [-0.4, -0.2) is 40.9 Å². The molecule has 132 valence electrons. The van der Waals surface area contributed by atoms with Crippen LogP contribution in [-0.2, 0) is 14.6 Å². The summed E-state index contributed by atoms with van der Waals surface area (Å²) in [5.41, 5.74) is 0.648. The molecule has 2 aromatic rings. The van der Waals surface area contributed by atoms with Crippen LogP contribution in [0.25, 0.3) is 11.0 Å². The molecule has 0 saturated carbocycles. The van der Waals surface area contributed by atoms with Crippen LogP contribution in [0.3, 0.4) is 0 Å².